The fourth-order valence-corrected chi connectivity index (χ4v) is 4.64. The molecule has 1 N–H and O–H groups in total. The number of anilines is 3. The molecular formula is C27H22ClN7O. The number of carbonyl (C=O) groups excluding carboxylic acids is 1. The molecule has 36 heavy (non-hydrogen) atoms. The minimum absolute atomic E-state index is 0.119. The monoisotopic (exact) mass is 495 g/mol. The van der Waals surface area contributed by atoms with Gasteiger partial charge >= 0.3 is 0 Å². The molecule has 4 aromatic rings. The first-order valence-corrected chi connectivity index (χ1v) is 11.8. The second-order valence-electron chi connectivity index (χ2n) is 8.60. The van der Waals surface area contributed by atoms with E-state index in [1.54, 1.807) is 41.6 Å². The highest BCUT2D eigenvalue weighted by atomic mass is 35.5. The Bertz CT molecular complexity index is 1510. The summed E-state index contributed by atoms with van der Waals surface area (Å²) in [5.74, 6) is 0.325. The summed E-state index contributed by atoms with van der Waals surface area (Å²) in [5.41, 5.74) is 6.80. The highest BCUT2D eigenvalue weighted by molar-refractivity contribution is 6.30. The van der Waals surface area contributed by atoms with Gasteiger partial charge in [0.05, 0.1) is 23.4 Å². The second kappa shape index (κ2) is 9.72. The molecule has 0 unspecified atom stereocenters. The number of amides is 1. The van der Waals surface area contributed by atoms with Crippen molar-refractivity contribution >= 4 is 34.8 Å². The topological polar surface area (TPSA) is 108 Å². The number of aryl methyl sites for hydroxylation is 2. The summed E-state index contributed by atoms with van der Waals surface area (Å²) in [7, 11) is 0. The van der Waals surface area contributed by atoms with Crippen molar-refractivity contribution in [1.29, 1.82) is 5.26 Å². The van der Waals surface area contributed by atoms with Crippen LogP contribution in [-0.4, -0.2) is 32.4 Å². The zero-order valence-corrected chi connectivity index (χ0v) is 20.5. The molecule has 0 aliphatic carbocycles. The van der Waals surface area contributed by atoms with Gasteiger partial charge in [-0.2, -0.15) is 5.26 Å². The molecular weight excluding hydrogens is 474 g/mol. The van der Waals surface area contributed by atoms with Crippen LogP contribution in [0.2, 0.25) is 5.15 Å². The van der Waals surface area contributed by atoms with Gasteiger partial charge < -0.3 is 10.2 Å². The molecule has 0 bridgehead atoms. The van der Waals surface area contributed by atoms with Crippen LogP contribution in [0, 0.1) is 25.2 Å². The summed E-state index contributed by atoms with van der Waals surface area (Å²) in [6.45, 7) is 4.37. The summed E-state index contributed by atoms with van der Waals surface area (Å²) in [5, 5.41) is 13.5. The number of hydrogen-bond donors (Lipinski definition) is 1. The summed E-state index contributed by atoms with van der Waals surface area (Å²) in [6.07, 6.45) is 4.03. The van der Waals surface area contributed by atoms with Gasteiger partial charge in [0, 0.05) is 41.6 Å². The van der Waals surface area contributed by atoms with Gasteiger partial charge in [-0.05, 0) is 67.8 Å². The van der Waals surface area contributed by atoms with E-state index in [1.807, 2.05) is 32.0 Å². The maximum Gasteiger partial charge on any atom is 0.231 e. The number of benzene rings is 1. The van der Waals surface area contributed by atoms with Crippen LogP contribution in [0.25, 0.3) is 11.3 Å². The third-order valence-electron chi connectivity index (χ3n) is 5.95. The van der Waals surface area contributed by atoms with Gasteiger partial charge in [0.1, 0.15) is 11.2 Å². The van der Waals surface area contributed by atoms with Gasteiger partial charge in [-0.3, -0.25) is 9.78 Å². The molecule has 5 rings (SSSR count). The van der Waals surface area contributed by atoms with Crippen molar-refractivity contribution in [2.45, 2.75) is 26.7 Å². The van der Waals surface area contributed by atoms with Crippen molar-refractivity contribution in [3.63, 3.8) is 0 Å². The van der Waals surface area contributed by atoms with Crippen molar-refractivity contribution in [2.24, 2.45) is 0 Å². The Kier molecular flexibility index (Phi) is 6.32. The minimum atomic E-state index is -0.121. The average molecular weight is 496 g/mol. The van der Waals surface area contributed by atoms with Crippen LogP contribution in [0.15, 0.2) is 54.9 Å². The number of hydrogen-bond acceptors (Lipinski definition) is 7. The SMILES string of the molecule is Cc1cc(Nc2nccc(-c3cc(C#N)c4c(c3)CCN4C(=O)Cc3cccnc3Cl)n2)cc(C)n1. The van der Waals surface area contributed by atoms with Crippen LogP contribution in [0.5, 0.6) is 0 Å². The van der Waals surface area contributed by atoms with Crippen LogP contribution < -0.4 is 10.2 Å². The van der Waals surface area contributed by atoms with Gasteiger partial charge in [0.2, 0.25) is 11.9 Å². The Morgan fingerprint density at radius 3 is 2.67 bits per heavy atom. The Morgan fingerprint density at radius 2 is 1.92 bits per heavy atom. The molecule has 0 atom stereocenters. The van der Waals surface area contributed by atoms with Gasteiger partial charge in [0.25, 0.3) is 0 Å². The minimum Gasteiger partial charge on any atom is -0.324 e. The molecule has 0 saturated carbocycles. The normalized spacial score (nSPS) is 12.2. The molecule has 0 radical (unpaired) electrons. The average Bonchev–Trinajstić information content (AvgIpc) is 3.29. The second-order valence-corrected chi connectivity index (χ2v) is 8.96. The first-order chi connectivity index (χ1) is 17.4. The van der Waals surface area contributed by atoms with E-state index < -0.39 is 0 Å². The van der Waals surface area contributed by atoms with Gasteiger partial charge in [-0.25, -0.2) is 15.0 Å². The highest BCUT2D eigenvalue weighted by Crippen LogP contribution is 2.36. The zero-order chi connectivity index (χ0) is 25.2. The Labute approximate surface area is 213 Å². The Balaban J connectivity index is 1.43. The lowest BCUT2D eigenvalue weighted by atomic mass is 10.0. The zero-order valence-electron chi connectivity index (χ0n) is 19.8. The number of nitrogens with one attached hydrogen (secondary N) is 1. The van der Waals surface area contributed by atoms with Crippen molar-refractivity contribution in [3.8, 4) is 17.3 Å². The molecule has 1 amide bonds. The van der Waals surface area contributed by atoms with Crippen molar-refractivity contribution in [3.05, 3.63) is 88.1 Å². The number of fused-ring (bicyclic) bond motifs is 1. The standard InChI is InChI=1S/C27H22ClN7O/c1-16-10-22(11-17(2)32-16)33-27-31-8-5-23(34-27)20-12-18-6-9-35(25(18)21(13-20)15-29)24(36)14-19-4-3-7-30-26(19)28/h3-5,7-8,10-13H,6,9,14H2,1-2H3,(H,31,32,33,34). The lowest BCUT2D eigenvalue weighted by Gasteiger charge is -2.19. The molecule has 3 aromatic heterocycles. The van der Waals surface area contributed by atoms with Crippen LogP contribution in [0.1, 0.15) is 28.1 Å². The van der Waals surface area contributed by atoms with E-state index in [9.17, 15) is 10.1 Å². The first kappa shape index (κ1) is 23.4. The first-order valence-electron chi connectivity index (χ1n) is 11.4. The predicted octanol–water partition coefficient (Wildman–Crippen LogP) is 4.95. The van der Waals surface area contributed by atoms with Crippen molar-refractivity contribution < 1.29 is 4.79 Å². The van der Waals surface area contributed by atoms with Crippen LogP contribution in [-0.2, 0) is 17.6 Å². The molecule has 178 valence electrons. The van der Waals surface area contributed by atoms with E-state index in [-0.39, 0.29) is 12.3 Å². The summed E-state index contributed by atoms with van der Waals surface area (Å²) in [4.78, 5) is 32.2. The number of halogens is 1. The van der Waals surface area contributed by atoms with E-state index in [0.29, 0.717) is 46.6 Å². The number of pyridine rings is 2. The van der Waals surface area contributed by atoms with Crippen LogP contribution in [0.3, 0.4) is 0 Å². The Hall–Kier alpha value is -4.35. The maximum atomic E-state index is 13.1. The van der Waals surface area contributed by atoms with E-state index in [0.717, 1.165) is 28.2 Å². The number of nitriles is 1. The lowest BCUT2D eigenvalue weighted by molar-refractivity contribution is -0.117. The molecule has 8 nitrogen and oxygen atoms in total. The van der Waals surface area contributed by atoms with Crippen molar-refractivity contribution in [2.75, 3.05) is 16.8 Å². The van der Waals surface area contributed by atoms with Crippen molar-refractivity contribution in [1.82, 2.24) is 19.9 Å². The van der Waals surface area contributed by atoms with Gasteiger partial charge in [-0.1, -0.05) is 17.7 Å². The third-order valence-corrected chi connectivity index (χ3v) is 6.29. The van der Waals surface area contributed by atoms with Crippen LogP contribution >= 0.6 is 11.6 Å². The van der Waals surface area contributed by atoms with E-state index in [4.69, 9.17) is 11.6 Å². The highest BCUT2D eigenvalue weighted by Gasteiger charge is 2.29. The van der Waals surface area contributed by atoms with E-state index >= 15 is 0 Å². The molecule has 0 spiro atoms. The summed E-state index contributed by atoms with van der Waals surface area (Å²) >= 11 is 6.15. The largest absolute Gasteiger partial charge is 0.324 e. The van der Waals surface area contributed by atoms with Crippen LogP contribution in [0.4, 0.5) is 17.3 Å². The molecule has 1 aliphatic rings. The summed E-state index contributed by atoms with van der Waals surface area (Å²) in [6, 6.07) is 15.2. The van der Waals surface area contributed by atoms with Gasteiger partial charge in [-0.15, -0.1) is 0 Å². The van der Waals surface area contributed by atoms with E-state index in [2.05, 4.69) is 31.3 Å². The molecule has 0 fully saturated rings. The van der Waals surface area contributed by atoms with E-state index in [1.165, 1.54) is 0 Å². The Morgan fingerprint density at radius 1 is 1.11 bits per heavy atom. The molecule has 1 aromatic carbocycles. The van der Waals surface area contributed by atoms with Gasteiger partial charge in [0.15, 0.2) is 0 Å². The fourth-order valence-electron chi connectivity index (χ4n) is 4.46. The third kappa shape index (κ3) is 4.74. The number of nitrogens with zero attached hydrogens (tertiary/aromatic N) is 6. The smallest absolute Gasteiger partial charge is 0.231 e. The molecule has 1 aliphatic heterocycles. The molecule has 0 saturated heterocycles. The number of rotatable bonds is 5. The summed E-state index contributed by atoms with van der Waals surface area (Å²) < 4.78 is 0. The lowest BCUT2D eigenvalue weighted by Crippen LogP contribution is -2.31. The predicted molar refractivity (Wildman–Crippen MR) is 138 cm³/mol. The number of carbonyl (C=O) groups is 1. The molecule has 4 heterocycles. The fraction of sp³-hybridized carbons (Fsp3) is 0.185. The molecule has 9 heteroatoms. The quantitative estimate of drug-likeness (QED) is 0.390. The number of aromatic nitrogens is 4. The maximum absolute atomic E-state index is 13.1.